The van der Waals surface area contributed by atoms with Crippen LogP contribution in [0.25, 0.3) is 0 Å². The largest absolute Gasteiger partial charge is 1.00 e. The average molecular weight is 828 g/mol. The average Bonchev–Trinajstić information content (AvgIpc) is 3.81. The first kappa shape index (κ1) is 46.5. The number of nitrogens with one attached hydrogen (secondary N) is 2. The maximum absolute atomic E-state index is 12.3. The van der Waals surface area contributed by atoms with Crippen LogP contribution >= 0.6 is 0 Å². The zero-order valence-electron chi connectivity index (χ0n) is 32.9. The summed E-state index contributed by atoms with van der Waals surface area (Å²) in [6.45, 7) is -0.877. The van der Waals surface area contributed by atoms with Gasteiger partial charge >= 0.3 is 84.6 Å². The van der Waals surface area contributed by atoms with Crippen LogP contribution in [0.15, 0.2) is 24.3 Å². The second-order valence-electron chi connectivity index (χ2n) is 15.7. The molecule has 8 rings (SSSR count). The molecule has 22 heteroatoms. The number of benzene rings is 2. The van der Waals surface area contributed by atoms with Crippen molar-refractivity contribution in [2.24, 2.45) is 11.8 Å². The van der Waals surface area contributed by atoms with E-state index in [4.69, 9.17) is 18.8 Å². The Labute approximate surface area is 379 Å². The minimum Gasteiger partial charge on any atom is -0.669 e. The molecule has 6 heterocycles. The second-order valence-corrected chi connectivity index (χ2v) is 15.7. The minimum atomic E-state index is -3.07. The smallest absolute Gasteiger partial charge is 0.669 e. The maximum Gasteiger partial charge on any atom is 1.00 e. The van der Waals surface area contributed by atoms with Crippen molar-refractivity contribution in [1.82, 2.24) is 20.4 Å². The Morgan fingerprint density at radius 3 is 1.36 bits per heavy atom. The molecule has 0 radical (unpaired) electrons. The molecule has 0 spiro atoms. The summed E-state index contributed by atoms with van der Waals surface area (Å²) in [6.07, 6.45) is 3.10. The number of nitrogens with zero attached hydrogens (tertiary/aromatic N) is 2. The Bertz CT molecular complexity index is 1720. The maximum atomic E-state index is 12.3. The minimum absolute atomic E-state index is 0. The number of aryl methyl sites for hydroxylation is 2. The van der Waals surface area contributed by atoms with Gasteiger partial charge in [-0.25, -0.2) is 9.59 Å². The quantitative estimate of drug-likeness (QED) is 0.104. The number of hydrogen-bond acceptors (Lipinski definition) is 14. The van der Waals surface area contributed by atoms with E-state index in [0.717, 1.165) is 39.0 Å². The molecule has 18 nitrogen and oxygen atoms in total. The zero-order valence-corrected chi connectivity index (χ0v) is 36.9. The van der Waals surface area contributed by atoms with Crippen molar-refractivity contribution in [2.75, 3.05) is 52.4 Å². The van der Waals surface area contributed by atoms with E-state index >= 15 is 0 Å². The van der Waals surface area contributed by atoms with Gasteiger partial charge in [0.15, 0.2) is 0 Å². The first-order valence-corrected chi connectivity index (χ1v) is 19.3. The predicted molar refractivity (Wildman–Crippen MR) is 199 cm³/mol. The van der Waals surface area contributed by atoms with Gasteiger partial charge in [0.05, 0.1) is 37.7 Å². The predicted octanol–water partition coefficient (Wildman–Crippen LogP) is -6.33. The molecular weight excluding hydrogens is 780 g/mol. The molecule has 2 aromatic rings. The van der Waals surface area contributed by atoms with Gasteiger partial charge in [-0.1, -0.05) is 24.8 Å². The van der Waals surface area contributed by atoms with E-state index in [2.05, 4.69) is 10.6 Å². The molecular formula is C36H48B2N4Na2O14. The third-order valence-corrected chi connectivity index (χ3v) is 11.3. The Hall–Kier alpha value is -2.59. The number of carboxylic acids is 2. The number of rotatable bonds is 10. The van der Waals surface area contributed by atoms with Crippen molar-refractivity contribution < 1.29 is 127 Å². The Balaban J connectivity index is 0.000000214. The molecule has 2 aromatic carbocycles. The molecule has 0 saturated carbocycles. The molecule has 0 aliphatic carbocycles. The zero-order chi connectivity index (χ0) is 39.8. The third-order valence-electron chi connectivity index (χ3n) is 11.3. The number of carboxylic acid groups (broad SMARTS) is 2. The summed E-state index contributed by atoms with van der Waals surface area (Å²) in [5.41, 5.74) is 0.767. The van der Waals surface area contributed by atoms with Crippen molar-refractivity contribution in [1.29, 1.82) is 0 Å². The Morgan fingerprint density at radius 2 is 1.03 bits per heavy atom. The van der Waals surface area contributed by atoms with Gasteiger partial charge in [-0.2, -0.15) is 0 Å². The van der Waals surface area contributed by atoms with Crippen molar-refractivity contribution in [2.45, 2.75) is 63.4 Å². The summed E-state index contributed by atoms with van der Waals surface area (Å²) in [7, 11) is 0. The number of amides is 2. The second kappa shape index (κ2) is 19.4. The van der Waals surface area contributed by atoms with E-state index in [-0.39, 0.29) is 130 Å². The first-order chi connectivity index (χ1) is 26.6. The van der Waals surface area contributed by atoms with Crippen molar-refractivity contribution in [3.8, 4) is 23.0 Å². The van der Waals surface area contributed by atoms with Crippen molar-refractivity contribution in [3.05, 3.63) is 46.5 Å². The number of aromatic carboxylic acids is 2. The summed E-state index contributed by atoms with van der Waals surface area (Å²) >= 11 is 0. The molecule has 58 heavy (non-hydrogen) atoms. The summed E-state index contributed by atoms with van der Waals surface area (Å²) in [5, 5.41) is 64.8. The van der Waals surface area contributed by atoms with Crippen LogP contribution in [-0.4, -0.2) is 142 Å². The topological polar surface area (TPSA) is 257 Å². The van der Waals surface area contributed by atoms with E-state index in [1.165, 1.54) is 0 Å². The van der Waals surface area contributed by atoms with Gasteiger partial charge in [0.25, 0.3) is 0 Å². The number of carbonyl (C=O) groups is 4. The molecule has 0 bridgehead atoms. The fourth-order valence-electron chi connectivity index (χ4n) is 7.98. The molecule has 8 N–H and O–H groups in total. The van der Waals surface area contributed by atoms with Crippen LogP contribution < -0.4 is 88.5 Å². The first-order valence-electron chi connectivity index (χ1n) is 19.3. The number of hydrogen-bond donors (Lipinski definition) is 8. The molecule has 2 amide bonds. The van der Waals surface area contributed by atoms with E-state index in [1.54, 1.807) is 34.1 Å². The van der Waals surface area contributed by atoms with Crippen molar-refractivity contribution >= 4 is 37.3 Å². The van der Waals surface area contributed by atoms with Crippen LogP contribution in [0.1, 0.15) is 57.5 Å². The van der Waals surface area contributed by atoms with Crippen LogP contribution in [0.5, 0.6) is 23.0 Å². The number of likely N-dealkylation sites (tertiary alicyclic amines) is 2. The molecule has 0 aromatic heterocycles. The third kappa shape index (κ3) is 11.0. The summed E-state index contributed by atoms with van der Waals surface area (Å²) in [5.74, 6) is -1.48. The molecule has 304 valence electrons. The van der Waals surface area contributed by atoms with Crippen LogP contribution in [0.3, 0.4) is 0 Å². The van der Waals surface area contributed by atoms with Crippen molar-refractivity contribution in [3.63, 3.8) is 0 Å². The summed E-state index contributed by atoms with van der Waals surface area (Å²) < 4.78 is 21.9. The van der Waals surface area contributed by atoms with Gasteiger partial charge in [-0.15, -0.1) is 0 Å². The molecule has 4 saturated heterocycles. The van der Waals surface area contributed by atoms with Crippen LogP contribution in [0.4, 0.5) is 0 Å². The SMILES string of the molecule is O=C(O)c1c(OC2CN(C(=O)C[C@H]3CCNC3)C2)ccc2c1O[B-](O)(O)CC2.O=C(O)c1c(OC2CN(C(=O)C[C@H]3CCNC3)C2)ccc2c1O[B-](O)(O)CC2.[Na+].[Na+]. The Morgan fingerprint density at radius 1 is 0.655 bits per heavy atom. The van der Waals surface area contributed by atoms with Gasteiger partial charge in [0.1, 0.15) is 34.8 Å². The molecule has 6 aliphatic rings. The van der Waals surface area contributed by atoms with Gasteiger partial charge in [-0.3, -0.25) is 9.59 Å². The normalized spacial score (nSPS) is 22.7. The van der Waals surface area contributed by atoms with Crippen LogP contribution in [0, 0.1) is 11.8 Å². The Kier molecular flexibility index (Phi) is 15.6. The van der Waals surface area contributed by atoms with E-state index in [0.29, 0.717) is 74.8 Å². The van der Waals surface area contributed by atoms with Crippen LogP contribution in [-0.2, 0) is 22.4 Å². The van der Waals surface area contributed by atoms with Gasteiger partial charge in [-0.05, 0) is 87.0 Å². The molecule has 6 aliphatic heterocycles. The molecule has 2 atom stereocenters. The fraction of sp³-hybridized carbons (Fsp3) is 0.556. The van der Waals surface area contributed by atoms with Gasteiger partial charge < -0.3 is 69.5 Å². The van der Waals surface area contributed by atoms with E-state index in [1.807, 2.05) is 0 Å². The summed E-state index contributed by atoms with van der Waals surface area (Å²) in [6, 6.07) is 6.48. The van der Waals surface area contributed by atoms with E-state index < -0.39 is 25.4 Å². The standard InChI is InChI=1S/2C18H24BN2O7.2Na/c2*22-15(7-11-4-6-20-8-11)21-9-13(10-21)27-14-2-1-12-3-5-19(25,26)28-17(12)16(14)18(23)24;;/h2*1-2,11,13,20,25-26H,3-10H2,(H,23,24);;/q2*-1;2*+1/t2*11-;;/m11../s1. The van der Waals surface area contributed by atoms with Gasteiger partial charge in [0, 0.05) is 12.8 Å². The van der Waals surface area contributed by atoms with E-state index in [9.17, 15) is 49.5 Å². The fourth-order valence-corrected chi connectivity index (χ4v) is 7.98. The summed E-state index contributed by atoms with van der Waals surface area (Å²) in [4.78, 5) is 51.6. The number of carbonyl (C=O) groups excluding carboxylic acids is 2. The van der Waals surface area contributed by atoms with Crippen LogP contribution in [0.2, 0.25) is 12.6 Å². The number of ether oxygens (including phenoxy) is 2. The molecule has 4 fully saturated rings. The number of fused-ring (bicyclic) bond motifs is 2. The van der Waals surface area contributed by atoms with Gasteiger partial charge in [0.2, 0.25) is 11.8 Å². The monoisotopic (exact) mass is 828 g/mol. The molecule has 0 unspecified atom stereocenters.